The molecule has 0 bridgehead atoms. The molecule has 1 N–H and O–H groups in total. The lowest BCUT2D eigenvalue weighted by Crippen LogP contribution is -2.29. The van der Waals surface area contributed by atoms with Gasteiger partial charge >= 0.3 is 0 Å². The van der Waals surface area contributed by atoms with Crippen molar-refractivity contribution in [2.24, 2.45) is 0 Å². The molecule has 3 aromatic heterocycles. The number of nitrogens with zero attached hydrogens (tertiary/aromatic N) is 3. The highest BCUT2D eigenvalue weighted by Crippen LogP contribution is 2.30. The van der Waals surface area contributed by atoms with Crippen molar-refractivity contribution in [3.63, 3.8) is 0 Å². The molecule has 0 amide bonds. The summed E-state index contributed by atoms with van der Waals surface area (Å²) < 4.78 is 15.3. The van der Waals surface area contributed by atoms with Gasteiger partial charge in [0.25, 0.3) is 5.56 Å². The minimum atomic E-state index is -0.282. The molecule has 0 radical (unpaired) electrons. The number of fused-ring (bicyclic) bond motifs is 1. The van der Waals surface area contributed by atoms with E-state index in [0.29, 0.717) is 6.54 Å². The van der Waals surface area contributed by atoms with Crippen LogP contribution in [0.3, 0.4) is 0 Å². The van der Waals surface area contributed by atoms with Crippen molar-refractivity contribution in [3.8, 4) is 11.1 Å². The van der Waals surface area contributed by atoms with Gasteiger partial charge in [0.15, 0.2) is 0 Å². The molecular weight excluding hydrogens is 391 g/mol. The van der Waals surface area contributed by atoms with Crippen molar-refractivity contribution in [1.29, 1.82) is 0 Å². The fraction of sp³-hybridized carbons (Fsp3) is 0.280. The van der Waals surface area contributed by atoms with Gasteiger partial charge in [-0.1, -0.05) is 6.07 Å². The minimum absolute atomic E-state index is 0.117. The first-order valence-corrected chi connectivity index (χ1v) is 10.8. The van der Waals surface area contributed by atoms with E-state index >= 15 is 0 Å². The van der Waals surface area contributed by atoms with E-state index < -0.39 is 0 Å². The van der Waals surface area contributed by atoms with Gasteiger partial charge in [-0.2, -0.15) is 0 Å². The molecule has 4 heterocycles. The Morgan fingerprint density at radius 2 is 1.94 bits per heavy atom. The predicted octanol–water partition coefficient (Wildman–Crippen LogP) is 4.88. The number of anilines is 1. The third-order valence-corrected chi connectivity index (χ3v) is 6.00. The van der Waals surface area contributed by atoms with Crippen LogP contribution < -0.4 is 10.5 Å². The van der Waals surface area contributed by atoms with Crippen molar-refractivity contribution < 1.29 is 4.39 Å². The second-order valence-corrected chi connectivity index (χ2v) is 8.36. The molecule has 6 heteroatoms. The van der Waals surface area contributed by atoms with E-state index in [0.717, 1.165) is 52.1 Å². The average Bonchev–Trinajstić information content (AvgIpc) is 3.18. The Hall–Kier alpha value is -3.41. The van der Waals surface area contributed by atoms with Crippen LogP contribution in [-0.4, -0.2) is 27.6 Å². The third-order valence-electron chi connectivity index (χ3n) is 6.00. The number of halogens is 1. The molecule has 31 heavy (non-hydrogen) atoms. The lowest BCUT2D eigenvalue weighted by molar-refractivity contribution is 0.577. The van der Waals surface area contributed by atoms with Crippen LogP contribution >= 0.6 is 0 Å². The van der Waals surface area contributed by atoms with Gasteiger partial charge in [-0.3, -0.25) is 4.79 Å². The molecule has 0 atom stereocenters. The van der Waals surface area contributed by atoms with Crippen LogP contribution in [0.1, 0.15) is 30.4 Å². The average molecular weight is 417 g/mol. The maximum Gasteiger partial charge on any atom is 0.251 e. The van der Waals surface area contributed by atoms with Crippen molar-refractivity contribution in [2.75, 3.05) is 18.0 Å². The number of piperidine rings is 1. The van der Waals surface area contributed by atoms with Gasteiger partial charge in [0.1, 0.15) is 11.5 Å². The third kappa shape index (κ3) is 3.98. The van der Waals surface area contributed by atoms with E-state index in [9.17, 15) is 9.18 Å². The molecule has 1 aliphatic rings. The zero-order valence-corrected chi connectivity index (χ0v) is 17.6. The van der Waals surface area contributed by atoms with E-state index in [1.165, 1.54) is 31.4 Å². The Kier molecular flexibility index (Phi) is 5.06. The van der Waals surface area contributed by atoms with E-state index in [4.69, 9.17) is 0 Å². The number of benzene rings is 1. The van der Waals surface area contributed by atoms with Crippen molar-refractivity contribution in [2.45, 2.75) is 32.7 Å². The molecule has 5 rings (SSSR count). The number of aromatic amines is 1. The second kappa shape index (κ2) is 8.02. The first-order chi connectivity index (χ1) is 15.1. The van der Waals surface area contributed by atoms with Gasteiger partial charge in [-0.15, -0.1) is 0 Å². The molecule has 1 aliphatic heterocycles. The van der Waals surface area contributed by atoms with Crippen LogP contribution in [0, 0.1) is 12.7 Å². The minimum Gasteiger partial charge on any atom is -0.370 e. The standard InChI is InChI=1S/C25H25FN4O/c1-17-9-18(11-20(26)10-17)16-30-8-5-19(12-24(30)31)23-15-28-25-22(23)13-21(14-27-25)29-6-3-2-4-7-29/h5,8-15H,2-4,6-7,16H2,1H3,(H,27,28). The lowest BCUT2D eigenvalue weighted by atomic mass is 10.1. The van der Waals surface area contributed by atoms with Gasteiger partial charge in [-0.25, -0.2) is 9.37 Å². The summed E-state index contributed by atoms with van der Waals surface area (Å²) in [5, 5.41) is 1.01. The van der Waals surface area contributed by atoms with Gasteiger partial charge in [0.05, 0.1) is 18.4 Å². The molecule has 0 unspecified atom stereocenters. The summed E-state index contributed by atoms with van der Waals surface area (Å²) in [5.41, 5.74) is 5.25. The maximum atomic E-state index is 13.7. The monoisotopic (exact) mass is 416 g/mol. The number of pyridine rings is 2. The Bertz CT molecular complexity index is 1280. The van der Waals surface area contributed by atoms with Gasteiger partial charge in [0, 0.05) is 42.5 Å². The topological polar surface area (TPSA) is 53.9 Å². The quantitative estimate of drug-likeness (QED) is 0.516. The zero-order valence-electron chi connectivity index (χ0n) is 17.6. The van der Waals surface area contributed by atoms with E-state index in [1.807, 2.05) is 31.5 Å². The Balaban J connectivity index is 1.47. The van der Waals surface area contributed by atoms with Crippen LogP contribution in [0.5, 0.6) is 0 Å². The summed E-state index contributed by atoms with van der Waals surface area (Å²) in [6.45, 7) is 4.30. The van der Waals surface area contributed by atoms with Crippen LogP contribution in [0.2, 0.25) is 0 Å². The highest BCUT2D eigenvalue weighted by atomic mass is 19.1. The SMILES string of the molecule is Cc1cc(F)cc(Cn2ccc(-c3c[nH]c4ncc(N5CCCCC5)cc34)cc2=O)c1. The Labute approximate surface area is 180 Å². The summed E-state index contributed by atoms with van der Waals surface area (Å²) in [5.74, 6) is -0.282. The van der Waals surface area contributed by atoms with E-state index in [2.05, 4.69) is 20.9 Å². The number of aryl methyl sites for hydroxylation is 1. The number of nitrogens with one attached hydrogen (secondary N) is 1. The fourth-order valence-electron chi connectivity index (χ4n) is 4.46. The maximum absolute atomic E-state index is 13.7. The van der Waals surface area contributed by atoms with Crippen molar-refractivity contribution in [1.82, 2.24) is 14.5 Å². The van der Waals surface area contributed by atoms with Gasteiger partial charge < -0.3 is 14.5 Å². The summed E-state index contributed by atoms with van der Waals surface area (Å²) in [6, 6.07) is 10.6. The number of aromatic nitrogens is 3. The number of H-pyrrole nitrogens is 1. The molecule has 1 fully saturated rings. The Morgan fingerprint density at radius 3 is 2.71 bits per heavy atom. The first-order valence-electron chi connectivity index (χ1n) is 10.8. The van der Waals surface area contributed by atoms with Gasteiger partial charge in [0.2, 0.25) is 0 Å². The second-order valence-electron chi connectivity index (χ2n) is 8.36. The van der Waals surface area contributed by atoms with E-state index in [-0.39, 0.29) is 11.4 Å². The van der Waals surface area contributed by atoms with Gasteiger partial charge in [-0.05, 0) is 67.1 Å². The molecule has 1 aromatic carbocycles. The molecule has 0 aliphatic carbocycles. The smallest absolute Gasteiger partial charge is 0.251 e. The van der Waals surface area contributed by atoms with E-state index in [1.54, 1.807) is 16.8 Å². The fourth-order valence-corrected chi connectivity index (χ4v) is 4.46. The summed E-state index contributed by atoms with van der Waals surface area (Å²) in [4.78, 5) is 23.0. The van der Waals surface area contributed by atoms with Crippen LogP contribution in [0.25, 0.3) is 22.2 Å². The van der Waals surface area contributed by atoms with Crippen LogP contribution in [0.4, 0.5) is 10.1 Å². The Morgan fingerprint density at radius 1 is 1.10 bits per heavy atom. The number of hydrogen-bond acceptors (Lipinski definition) is 3. The zero-order chi connectivity index (χ0) is 21.4. The lowest BCUT2D eigenvalue weighted by Gasteiger charge is -2.28. The molecule has 158 valence electrons. The first kappa shape index (κ1) is 19.5. The molecule has 1 saturated heterocycles. The molecule has 5 nitrogen and oxygen atoms in total. The molecule has 0 saturated carbocycles. The highest BCUT2D eigenvalue weighted by molar-refractivity contribution is 5.95. The predicted molar refractivity (Wildman–Crippen MR) is 122 cm³/mol. The van der Waals surface area contributed by atoms with Crippen molar-refractivity contribution >= 4 is 16.7 Å². The summed E-state index contributed by atoms with van der Waals surface area (Å²) >= 11 is 0. The summed E-state index contributed by atoms with van der Waals surface area (Å²) in [6.07, 6.45) is 9.31. The number of rotatable bonds is 4. The van der Waals surface area contributed by atoms with Crippen LogP contribution in [-0.2, 0) is 6.54 Å². The van der Waals surface area contributed by atoms with Crippen molar-refractivity contribution in [3.05, 3.63) is 82.3 Å². The normalized spacial score (nSPS) is 14.3. The molecule has 0 spiro atoms. The molecule has 4 aromatic rings. The molecular formula is C25H25FN4O. The highest BCUT2D eigenvalue weighted by Gasteiger charge is 2.15. The summed E-state index contributed by atoms with van der Waals surface area (Å²) in [7, 11) is 0. The number of hydrogen-bond donors (Lipinski definition) is 1. The van der Waals surface area contributed by atoms with Crippen LogP contribution in [0.15, 0.2) is 59.8 Å². The largest absolute Gasteiger partial charge is 0.370 e.